The van der Waals surface area contributed by atoms with E-state index in [9.17, 15) is 9.59 Å². The molecule has 0 atom stereocenters. The molecule has 0 bridgehead atoms. The van der Waals surface area contributed by atoms with E-state index in [4.69, 9.17) is 9.47 Å². The molecule has 2 amide bonds. The fourth-order valence-corrected chi connectivity index (χ4v) is 3.38. The number of nitrogens with one attached hydrogen (secondary N) is 2. The van der Waals surface area contributed by atoms with Gasteiger partial charge in [-0.15, -0.1) is 0 Å². The van der Waals surface area contributed by atoms with E-state index >= 15 is 0 Å². The maximum absolute atomic E-state index is 11.9. The first kappa shape index (κ1) is 24.0. The van der Waals surface area contributed by atoms with Gasteiger partial charge in [-0.1, -0.05) is 36.8 Å². The van der Waals surface area contributed by atoms with E-state index in [1.165, 1.54) is 0 Å². The van der Waals surface area contributed by atoms with Crippen LogP contribution in [0.3, 0.4) is 0 Å². The molecule has 0 radical (unpaired) electrons. The van der Waals surface area contributed by atoms with Crippen LogP contribution in [0.25, 0.3) is 0 Å². The monoisotopic (exact) mass is 419 g/mol. The molecule has 0 unspecified atom stereocenters. The summed E-state index contributed by atoms with van der Waals surface area (Å²) in [6, 6.07) is 9.86. The van der Waals surface area contributed by atoms with E-state index in [0.29, 0.717) is 13.2 Å². The van der Waals surface area contributed by atoms with Gasteiger partial charge in [0.15, 0.2) is 0 Å². The van der Waals surface area contributed by atoms with Gasteiger partial charge in [0.25, 0.3) is 0 Å². The van der Waals surface area contributed by atoms with Crippen LogP contribution in [0.2, 0.25) is 0 Å². The van der Waals surface area contributed by atoms with Crippen LogP contribution in [0.5, 0.6) is 0 Å². The Morgan fingerprint density at radius 3 is 2.40 bits per heavy atom. The van der Waals surface area contributed by atoms with Gasteiger partial charge in [-0.25, -0.2) is 9.59 Å². The quantitative estimate of drug-likeness (QED) is 0.590. The highest BCUT2D eigenvalue weighted by atomic mass is 16.6. The molecule has 168 valence electrons. The van der Waals surface area contributed by atoms with Crippen LogP contribution in [-0.4, -0.2) is 54.9 Å². The Kier molecular flexibility index (Phi) is 9.94. The van der Waals surface area contributed by atoms with Gasteiger partial charge in [0, 0.05) is 25.7 Å². The van der Waals surface area contributed by atoms with Crippen LogP contribution in [0.15, 0.2) is 30.3 Å². The highest BCUT2D eigenvalue weighted by molar-refractivity contribution is 5.68. The molecular formula is C23H37N3O4. The highest BCUT2D eigenvalue weighted by Gasteiger charge is 2.23. The number of hydrogen-bond acceptors (Lipinski definition) is 5. The number of carbonyl (C=O) groups excluding carboxylic acids is 2. The van der Waals surface area contributed by atoms with Crippen molar-refractivity contribution in [3.63, 3.8) is 0 Å². The first-order valence-corrected chi connectivity index (χ1v) is 11.0. The molecule has 1 aliphatic heterocycles. The molecule has 7 nitrogen and oxygen atoms in total. The SMILES string of the molecule is CC(C)(C)OC(=O)NC1CCN(CCCCCNC(=O)OCc2ccccc2)CC1. The molecule has 2 N–H and O–H groups in total. The minimum absolute atomic E-state index is 0.196. The maximum atomic E-state index is 11.9. The largest absolute Gasteiger partial charge is 0.445 e. The van der Waals surface area contributed by atoms with Gasteiger partial charge in [0.1, 0.15) is 12.2 Å². The fourth-order valence-electron chi connectivity index (χ4n) is 3.38. The summed E-state index contributed by atoms with van der Waals surface area (Å²) in [4.78, 5) is 26.0. The normalized spacial score (nSPS) is 15.4. The van der Waals surface area contributed by atoms with Crippen molar-refractivity contribution >= 4 is 12.2 Å². The van der Waals surface area contributed by atoms with Crippen molar-refractivity contribution in [3.8, 4) is 0 Å². The van der Waals surface area contributed by atoms with Crippen molar-refractivity contribution < 1.29 is 19.1 Å². The standard InChI is InChI=1S/C23H37N3O4/c1-23(2,3)30-22(28)25-20-12-16-26(17-13-20)15-9-5-8-14-24-21(27)29-18-19-10-6-4-7-11-19/h4,6-7,10-11,20H,5,8-9,12-18H2,1-3H3,(H,24,27)(H,25,28). The predicted octanol–water partition coefficient (Wildman–Crippen LogP) is 4.07. The van der Waals surface area contributed by atoms with E-state index in [1.54, 1.807) is 0 Å². The van der Waals surface area contributed by atoms with Crippen molar-refractivity contribution in [3.05, 3.63) is 35.9 Å². The second kappa shape index (κ2) is 12.4. The topological polar surface area (TPSA) is 79.9 Å². The Hall–Kier alpha value is -2.28. The second-order valence-corrected chi connectivity index (χ2v) is 8.81. The van der Waals surface area contributed by atoms with Crippen LogP contribution >= 0.6 is 0 Å². The number of hydrogen-bond donors (Lipinski definition) is 2. The highest BCUT2D eigenvalue weighted by Crippen LogP contribution is 2.13. The summed E-state index contributed by atoms with van der Waals surface area (Å²) in [7, 11) is 0. The Morgan fingerprint density at radius 2 is 1.73 bits per heavy atom. The number of ether oxygens (including phenoxy) is 2. The number of rotatable bonds is 9. The average molecular weight is 420 g/mol. The Labute approximate surface area is 180 Å². The number of nitrogens with zero attached hydrogens (tertiary/aromatic N) is 1. The van der Waals surface area contributed by atoms with Crippen LogP contribution in [0.1, 0.15) is 58.4 Å². The zero-order valence-corrected chi connectivity index (χ0v) is 18.6. The van der Waals surface area contributed by atoms with Gasteiger partial charge in [0.2, 0.25) is 0 Å². The minimum Gasteiger partial charge on any atom is -0.445 e. The molecule has 0 saturated carbocycles. The molecular weight excluding hydrogens is 382 g/mol. The van der Waals surface area contributed by atoms with E-state index in [-0.39, 0.29) is 18.2 Å². The minimum atomic E-state index is -0.460. The molecule has 1 fully saturated rings. The molecule has 1 saturated heterocycles. The number of amides is 2. The molecule has 1 aromatic carbocycles. The Bertz CT molecular complexity index is 638. The molecule has 0 aliphatic carbocycles. The first-order chi connectivity index (χ1) is 14.3. The Balaban J connectivity index is 1.45. The van der Waals surface area contributed by atoms with Crippen molar-refractivity contribution in [2.75, 3.05) is 26.2 Å². The van der Waals surface area contributed by atoms with Gasteiger partial charge in [-0.05, 0) is 58.6 Å². The molecule has 1 heterocycles. The first-order valence-electron chi connectivity index (χ1n) is 11.0. The van der Waals surface area contributed by atoms with Crippen molar-refractivity contribution in [2.24, 2.45) is 0 Å². The zero-order chi connectivity index (χ0) is 21.8. The second-order valence-electron chi connectivity index (χ2n) is 8.81. The van der Waals surface area contributed by atoms with E-state index < -0.39 is 5.60 Å². The number of benzene rings is 1. The number of piperidine rings is 1. The molecule has 0 aromatic heterocycles. The third kappa shape index (κ3) is 10.5. The lowest BCUT2D eigenvalue weighted by Gasteiger charge is -2.32. The molecule has 7 heteroatoms. The van der Waals surface area contributed by atoms with Crippen molar-refractivity contribution in [1.82, 2.24) is 15.5 Å². The summed E-state index contributed by atoms with van der Waals surface area (Å²) in [5, 5.41) is 5.78. The van der Waals surface area contributed by atoms with Crippen LogP contribution in [-0.2, 0) is 16.1 Å². The number of likely N-dealkylation sites (tertiary alicyclic amines) is 1. The zero-order valence-electron chi connectivity index (χ0n) is 18.6. The van der Waals surface area contributed by atoms with Gasteiger partial charge < -0.3 is 25.0 Å². The molecule has 30 heavy (non-hydrogen) atoms. The number of alkyl carbamates (subject to hydrolysis) is 2. The molecule has 1 aromatic rings. The number of unbranched alkanes of at least 4 members (excludes halogenated alkanes) is 2. The summed E-state index contributed by atoms with van der Waals surface area (Å²) in [5.74, 6) is 0. The van der Waals surface area contributed by atoms with Crippen molar-refractivity contribution in [2.45, 2.75) is 71.1 Å². The lowest BCUT2D eigenvalue weighted by Crippen LogP contribution is -2.46. The predicted molar refractivity (Wildman–Crippen MR) is 117 cm³/mol. The summed E-state index contributed by atoms with van der Waals surface area (Å²) in [5.41, 5.74) is 0.524. The van der Waals surface area contributed by atoms with Crippen LogP contribution < -0.4 is 10.6 Å². The Morgan fingerprint density at radius 1 is 1.03 bits per heavy atom. The van der Waals surface area contributed by atoms with Gasteiger partial charge in [-0.2, -0.15) is 0 Å². The summed E-state index contributed by atoms with van der Waals surface area (Å²) in [6.07, 6.45) is 4.33. The smallest absolute Gasteiger partial charge is 0.407 e. The van der Waals surface area contributed by atoms with E-state index in [1.807, 2.05) is 51.1 Å². The molecule has 0 spiro atoms. The molecule has 2 rings (SSSR count). The summed E-state index contributed by atoms with van der Waals surface area (Å²) >= 11 is 0. The maximum Gasteiger partial charge on any atom is 0.407 e. The van der Waals surface area contributed by atoms with E-state index in [2.05, 4.69) is 15.5 Å². The third-order valence-electron chi connectivity index (χ3n) is 4.94. The fraction of sp³-hybridized carbons (Fsp3) is 0.652. The van der Waals surface area contributed by atoms with Crippen LogP contribution in [0, 0.1) is 0 Å². The van der Waals surface area contributed by atoms with Gasteiger partial charge >= 0.3 is 12.2 Å². The molecule has 1 aliphatic rings. The summed E-state index contributed by atoms with van der Waals surface area (Å²) < 4.78 is 10.5. The van der Waals surface area contributed by atoms with Gasteiger partial charge in [-0.3, -0.25) is 0 Å². The summed E-state index contributed by atoms with van der Waals surface area (Å²) in [6.45, 7) is 9.59. The number of carbonyl (C=O) groups is 2. The van der Waals surface area contributed by atoms with Crippen molar-refractivity contribution in [1.29, 1.82) is 0 Å². The van der Waals surface area contributed by atoms with Crippen LogP contribution in [0.4, 0.5) is 9.59 Å². The van der Waals surface area contributed by atoms with Gasteiger partial charge in [0.05, 0.1) is 0 Å². The van der Waals surface area contributed by atoms with E-state index in [0.717, 1.165) is 57.3 Å². The third-order valence-corrected chi connectivity index (χ3v) is 4.94. The lowest BCUT2D eigenvalue weighted by atomic mass is 10.0. The average Bonchev–Trinajstić information content (AvgIpc) is 2.69. The lowest BCUT2D eigenvalue weighted by molar-refractivity contribution is 0.0478.